The number of anilines is 1. The van der Waals surface area contributed by atoms with Gasteiger partial charge in [0.25, 0.3) is 11.8 Å². The smallest absolute Gasteiger partial charge is 0.254 e. The summed E-state index contributed by atoms with van der Waals surface area (Å²) in [6.45, 7) is 20.6. The van der Waals surface area contributed by atoms with Gasteiger partial charge in [-0.3, -0.25) is 19.3 Å². The molecule has 3 aliphatic rings. The molecule has 3 heterocycles. The van der Waals surface area contributed by atoms with Crippen molar-refractivity contribution >= 4 is 29.1 Å². The van der Waals surface area contributed by atoms with Crippen molar-refractivity contribution in [3.63, 3.8) is 0 Å². The molecule has 2 aromatic rings. The van der Waals surface area contributed by atoms with Crippen molar-refractivity contribution in [1.29, 1.82) is 0 Å². The molecule has 0 radical (unpaired) electrons. The highest BCUT2D eigenvalue weighted by molar-refractivity contribution is 6.06. The Kier molecular flexibility index (Phi) is 11.2. The summed E-state index contributed by atoms with van der Waals surface area (Å²) >= 11 is 0. The molecular formula is C39H53N5O4. The van der Waals surface area contributed by atoms with Gasteiger partial charge in [-0.15, -0.1) is 0 Å². The molecule has 2 fully saturated rings. The van der Waals surface area contributed by atoms with Crippen LogP contribution in [0.25, 0.3) is 11.1 Å². The minimum absolute atomic E-state index is 0.195. The summed E-state index contributed by atoms with van der Waals surface area (Å²) in [7, 11) is 0. The summed E-state index contributed by atoms with van der Waals surface area (Å²) in [5.41, 5.74) is 7.01. The standard InChI is InChI=1S/C39H53N5O4/c1-8-44(32-13-15-43(16-14-32)38(47)39(5,6)7)35-23-31(30-11-9-29(10-12-30)25-42-17-19-48-20-18-42)22-33(28(35)4)36(45)40-24-34-26(2)21-27(3)41-37(34)46/h9-12,21-23,32,34H,8,13-20,24-25H2,1-7H3,(H,40,45). The van der Waals surface area contributed by atoms with E-state index in [1.165, 1.54) is 5.56 Å². The number of hydrogen-bond acceptors (Lipinski definition) is 6. The van der Waals surface area contributed by atoms with Crippen molar-refractivity contribution in [3.05, 3.63) is 64.7 Å². The highest BCUT2D eigenvalue weighted by atomic mass is 16.5. The first-order valence-electron chi connectivity index (χ1n) is 17.5. The minimum Gasteiger partial charge on any atom is -0.379 e. The Labute approximate surface area is 286 Å². The Hall–Kier alpha value is -3.82. The third-order valence-electron chi connectivity index (χ3n) is 9.94. The van der Waals surface area contributed by atoms with Crippen LogP contribution in [0.4, 0.5) is 5.69 Å². The van der Waals surface area contributed by atoms with Crippen LogP contribution >= 0.6 is 0 Å². The highest BCUT2D eigenvalue weighted by Crippen LogP contribution is 2.35. The van der Waals surface area contributed by atoms with Crippen LogP contribution in [-0.2, 0) is 20.9 Å². The quantitative estimate of drug-likeness (QED) is 0.375. The van der Waals surface area contributed by atoms with Gasteiger partial charge in [0.1, 0.15) is 0 Å². The third kappa shape index (κ3) is 8.24. The summed E-state index contributed by atoms with van der Waals surface area (Å²) in [5, 5.41) is 3.07. The molecule has 1 unspecified atom stereocenters. The number of allylic oxidation sites excluding steroid dienone is 1. The molecule has 2 saturated heterocycles. The lowest BCUT2D eigenvalue weighted by Gasteiger charge is -2.41. The molecule has 0 aliphatic carbocycles. The first-order valence-corrected chi connectivity index (χ1v) is 17.5. The van der Waals surface area contributed by atoms with Gasteiger partial charge >= 0.3 is 0 Å². The summed E-state index contributed by atoms with van der Waals surface area (Å²) in [6, 6.07) is 13.1. The molecule has 0 spiro atoms. The van der Waals surface area contributed by atoms with Gasteiger partial charge in [0, 0.05) is 74.2 Å². The Morgan fingerprint density at radius 3 is 2.25 bits per heavy atom. The van der Waals surface area contributed by atoms with Crippen LogP contribution < -0.4 is 10.2 Å². The number of benzene rings is 2. The lowest BCUT2D eigenvalue weighted by molar-refractivity contribution is -0.140. The zero-order valence-corrected chi connectivity index (χ0v) is 29.9. The Morgan fingerprint density at radius 2 is 1.65 bits per heavy atom. The van der Waals surface area contributed by atoms with E-state index in [9.17, 15) is 14.4 Å². The predicted octanol–water partition coefficient (Wildman–Crippen LogP) is 5.65. The van der Waals surface area contributed by atoms with E-state index in [0.717, 1.165) is 93.3 Å². The largest absolute Gasteiger partial charge is 0.379 e. The van der Waals surface area contributed by atoms with Crippen LogP contribution in [0.5, 0.6) is 0 Å². The number of dihydropyridines is 1. The second-order valence-electron chi connectivity index (χ2n) is 14.6. The number of ether oxygens (including phenoxy) is 1. The fourth-order valence-corrected chi connectivity index (χ4v) is 7.15. The summed E-state index contributed by atoms with van der Waals surface area (Å²) in [5.74, 6) is -0.689. The number of likely N-dealkylation sites (tertiary alicyclic amines) is 1. The molecule has 0 aromatic heterocycles. The van der Waals surface area contributed by atoms with Gasteiger partial charge < -0.3 is 19.9 Å². The van der Waals surface area contributed by atoms with Gasteiger partial charge in [-0.05, 0) is 81.0 Å². The molecule has 9 heteroatoms. The van der Waals surface area contributed by atoms with Gasteiger partial charge in [0.05, 0.1) is 19.1 Å². The van der Waals surface area contributed by atoms with Crippen molar-refractivity contribution in [3.8, 4) is 11.1 Å². The first-order chi connectivity index (χ1) is 22.8. The first kappa shape index (κ1) is 35.5. The number of amides is 3. The van der Waals surface area contributed by atoms with E-state index in [0.29, 0.717) is 11.3 Å². The van der Waals surface area contributed by atoms with Crippen molar-refractivity contribution in [1.82, 2.24) is 15.1 Å². The maximum Gasteiger partial charge on any atom is 0.254 e. The summed E-state index contributed by atoms with van der Waals surface area (Å²) < 4.78 is 5.51. The van der Waals surface area contributed by atoms with E-state index < -0.39 is 11.3 Å². The number of rotatable bonds is 9. The maximum absolute atomic E-state index is 13.9. The zero-order valence-electron chi connectivity index (χ0n) is 29.9. The normalized spacial score (nSPS) is 19.5. The Bertz CT molecular complexity index is 1560. The van der Waals surface area contributed by atoms with Crippen molar-refractivity contribution in [2.24, 2.45) is 16.3 Å². The summed E-state index contributed by atoms with van der Waals surface area (Å²) in [4.78, 5) is 50.6. The molecule has 48 heavy (non-hydrogen) atoms. The van der Waals surface area contributed by atoms with E-state index in [2.05, 4.69) is 57.4 Å². The van der Waals surface area contributed by atoms with Crippen LogP contribution in [0.3, 0.4) is 0 Å². The van der Waals surface area contributed by atoms with E-state index in [-0.39, 0.29) is 30.3 Å². The molecule has 9 nitrogen and oxygen atoms in total. The molecule has 3 aliphatic heterocycles. The van der Waals surface area contributed by atoms with Crippen LogP contribution in [0.2, 0.25) is 0 Å². The molecule has 1 atom stereocenters. The van der Waals surface area contributed by atoms with Crippen molar-refractivity contribution < 1.29 is 19.1 Å². The number of carbonyl (C=O) groups is 3. The molecular weight excluding hydrogens is 602 g/mol. The van der Waals surface area contributed by atoms with Gasteiger partial charge in [-0.1, -0.05) is 50.6 Å². The van der Waals surface area contributed by atoms with Gasteiger partial charge in [0.2, 0.25) is 5.91 Å². The number of aliphatic imine (C=N–C) groups is 1. The van der Waals surface area contributed by atoms with Crippen molar-refractivity contribution in [2.75, 3.05) is 57.4 Å². The molecule has 3 amide bonds. The van der Waals surface area contributed by atoms with Crippen LogP contribution in [-0.4, -0.2) is 91.8 Å². The molecule has 2 aromatic carbocycles. The van der Waals surface area contributed by atoms with E-state index >= 15 is 0 Å². The molecule has 0 bridgehead atoms. The molecule has 5 rings (SSSR count). The van der Waals surface area contributed by atoms with E-state index in [1.807, 2.05) is 58.6 Å². The maximum atomic E-state index is 13.9. The van der Waals surface area contributed by atoms with Crippen LogP contribution in [0.1, 0.15) is 75.9 Å². The van der Waals surface area contributed by atoms with E-state index in [1.54, 1.807) is 0 Å². The molecule has 1 N–H and O–H groups in total. The number of morpholine rings is 1. The number of nitrogens with zero attached hydrogens (tertiary/aromatic N) is 4. The van der Waals surface area contributed by atoms with Crippen LogP contribution in [0.15, 0.2) is 53.0 Å². The van der Waals surface area contributed by atoms with Gasteiger partial charge in [-0.25, -0.2) is 4.99 Å². The van der Waals surface area contributed by atoms with Crippen LogP contribution in [0, 0.1) is 18.3 Å². The number of piperidine rings is 1. The zero-order chi connectivity index (χ0) is 34.6. The average molecular weight is 656 g/mol. The van der Waals surface area contributed by atoms with Gasteiger partial charge in [0.15, 0.2) is 0 Å². The third-order valence-corrected chi connectivity index (χ3v) is 9.94. The lowest BCUT2D eigenvalue weighted by atomic mass is 9.91. The predicted molar refractivity (Wildman–Crippen MR) is 192 cm³/mol. The van der Waals surface area contributed by atoms with Crippen molar-refractivity contribution in [2.45, 2.75) is 73.9 Å². The highest BCUT2D eigenvalue weighted by Gasteiger charge is 2.33. The number of carbonyl (C=O) groups excluding carboxylic acids is 3. The monoisotopic (exact) mass is 655 g/mol. The second-order valence-corrected chi connectivity index (χ2v) is 14.6. The molecule has 258 valence electrons. The number of nitrogens with one attached hydrogen (secondary N) is 1. The second kappa shape index (κ2) is 15.2. The molecule has 0 saturated carbocycles. The fraction of sp³-hybridized carbons (Fsp3) is 0.538. The average Bonchev–Trinajstić information content (AvgIpc) is 3.05. The van der Waals surface area contributed by atoms with Gasteiger partial charge in [-0.2, -0.15) is 0 Å². The lowest BCUT2D eigenvalue weighted by Crippen LogP contribution is -2.49. The Balaban J connectivity index is 1.43. The topological polar surface area (TPSA) is 94.6 Å². The SMILES string of the molecule is CCN(c1cc(-c2ccc(CN3CCOCC3)cc2)cc(C(=O)NCC2C(=O)N=C(C)C=C2C)c1C)C1CCN(C(=O)C(C)(C)C)CC1. The van der Waals surface area contributed by atoms with E-state index in [4.69, 9.17) is 4.74 Å². The minimum atomic E-state index is -0.465. The Morgan fingerprint density at radius 1 is 0.979 bits per heavy atom. The fourth-order valence-electron chi connectivity index (χ4n) is 7.15. The summed E-state index contributed by atoms with van der Waals surface area (Å²) in [6.07, 6.45) is 3.64. The number of hydrogen-bond donors (Lipinski definition) is 1.